The zero-order valence-electron chi connectivity index (χ0n) is 6.90. The second-order valence-electron chi connectivity index (χ2n) is 2.49. The highest BCUT2D eigenvalue weighted by Gasteiger charge is 2.01. The summed E-state index contributed by atoms with van der Waals surface area (Å²) in [7, 11) is 0. The van der Waals surface area contributed by atoms with Crippen LogP contribution in [0.3, 0.4) is 0 Å². The number of benzene rings is 1. The lowest BCUT2D eigenvalue weighted by atomic mass is 10.2. The molecule has 0 aliphatic heterocycles. The topological polar surface area (TPSA) is 12.0 Å². The normalized spacial score (nSPS) is 10.2. The fourth-order valence-corrected chi connectivity index (χ4v) is 1.54. The molecule has 0 heterocycles. The van der Waals surface area contributed by atoms with Crippen molar-refractivity contribution in [3.8, 4) is 0 Å². The van der Waals surface area contributed by atoms with Gasteiger partial charge in [-0.3, -0.25) is 0 Å². The van der Waals surface area contributed by atoms with Gasteiger partial charge in [-0.2, -0.15) is 0 Å². The van der Waals surface area contributed by atoms with Gasteiger partial charge in [-0.1, -0.05) is 30.7 Å². The van der Waals surface area contributed by atoms with Gasteiger partial charge in [0.2, 0.25) is 0 Å². The van der Waals surface area contributed by atoms with Crippen LogP contribution >= 0.6 is 27.5 Å². The van der Waals surface area contributed by atoms with E-state index in [1.807, 2.05) is 18.2 Å². The summed E-state index contributed by atoms with van der Waals surface area (Å²) in [5.41, 5.74) is 1.13. The first-order valence-corrected chi connectivity index (χ1v) is 5.06. The van der Waals surface area contributed by atoms with Gasteiger partial charge in [-0.25, -0.2) is 0 Å². The lowest BCUT2D eigenvalue weighted by molar-refractivity contribution is 0.727. The van der Waals surface area contributed by atoms with E-state index in [4.69, 9.17) is 11.6 Å². The molecule has 0 fully saturated rings. The average Bonchev–Trinajstić information content (AvgIpc) is 2.08. The molecule has 1 aromatic rings. The summed E-state index contributed by atoms with van der Waals surface area (Å²) in [4.78, 5) is 0. The Balaban J connectivity index is 2.78. The lowest BCUT2D eigenvalue weighted by Gasteiger charge is -2.05. The van der Waals surface area contributed by atoms with Crippen LogP contribution in [-0.2, 0) is 6.54 Å². The number of halogens is 2. The van der Waals surface area contributed by atoms with E-state index in [0.29, 0.717) is 0 Å². The van der Waals surface area contributed by atoms with Crippen LogP contribution in [0.25, 0.3) is 0 Å². The predicted octanol–water partition coefficient (Wildman–Crippen LogP) is 3.21. The van der Waals surface area contributed by atoms with Gasteiger partial charge in [0.15, 0.2) is 0 Å². The molecule has 0 unspecified atom stereocenters. The molecule has 1 rings (SSSR count). The first kappa shape index (κ1) is 10.0. The van der Waals surface area contributed by atoms with Crippen LogP contribution in [0.1, 0.15) is 12.5 Å². The Kier molecular flexibility index (Phi) is 4.06. The molecule has 0 radical (unpaired) electrons. The second-order valence-corrected chi connectivity index (χ2v) is 3.73. The van der Waals surface area contributed by atoms with Crippen molar-refractivity contribution in [2.75, 3.05) is 6.54 Å². The minimum absolute atomic E-state index is 0.804. The SMILES string of the molecule is CCNCc1cccc(Br)c1Cl. The quantitative estimate of drug-likeness (QED) is 0.866. The number of hydrogen-bond donors (Lipinski definition) is 1. The van der Waals surface area contributed by atoms with E-state index in [9.17, 15) is 0 Å². The molecule has 0 aromatic heterocycles. The van der Waals surface area contributed by atoms with Crippen molar-refractivity contribution < 1.29 is 0 Å². The van der Waals surface area contributed by atoms with Crippen molar-refractivity contribution in [2.24, 2.45) is 0 Å². The molecular formula is C9H11BrClN. The molecule has 0 amide bonds. The van der Waals surface area contributed by atoms with Gasteiger partial charge in [0.05, 0.1) is 5.02 Å². The summed E-state index contributed by atoms with van der Waals surface area (Å²) in [5, 5.41) is 4.03. The zero-order chi connectivity index (χ0) is 8.97. The summed E-state index contributed by atoms with van der Waals surface area (Å²) in [6.45, 7) is 3.86. The van der Waals surface area contributed by atoms with Gasteiger partial charge in [0.1, 0.15) is 0 Å². The summed E-state index contributed by atoms with van der Waals surface area (Å²) in [5.74, 6) is 0. The fourth-order valence-electron chi connectivity index (χ4n) is 0.945. The van der Waals surface area contributed by atoms with Crippen LogP contribution in [0, 0.1) is 0 Å². The minimum atomic E-state index is 0.804. The van der Waals surface area contributed by atoms with Gasteiger partial charge < -0.3 is 5.32 Å². The van der Waals surface area contributed by atoms with E-state index in [1.165, 1.54) is 0 Å². The van der Waals surface area contributed by atoms with E-state index in [1.54, 1.807) is 0 Å². The van der Waals surface area contributed by atoms with Crippen LogP contribution in [-0.4, -0.2) is 6.54 Å². The van der Waals surface area contributed by atoms with Crippen LogP contribution in [0.4, 0.5) is 0 Å². The highest BCUT2D eigenvalue weighted by atomic mass is 79.9. The molecule has 1 aromatic carbocycles. The Morgan fingerprint density at radius 2 is 2.25 bits per heavy atom. The van der Waals surface area contributed by atoms with Crippen molar-refractivity contribution >= 4 is 27.5 Å². The largest absolute Gasteiger partial charge is 0.313 e. The molecule has 66 valence electrons. The summed E-state index contributed by atoms with van der Waals surface area (Å²) in [6.07, 6.45) is 0. The standard InChI is InChI=1S/C9H11BrClN/c1-2-12-6-7-4-3-5-8(10)9(7)11/h3-5,12H,2,6H2,1H3. The van der Waals surface area contributed by atoms with E-state index in [2.05, 4.69) is 28.2 Å². The molecule has 0 saturated carbocycles. The van der Waals surface area contributed by atoms with Crippen molar-refractivity contribution in [2.45, 2.75) is 13.5 Å². The molecular weight excluding hydrogens is 237 g/mol. The molecule has 12 heavy (non-hydrogen) atoms. The van der Waals surface area contributed by atoms with Crippen LogP contribution in [0.15, 0.2) is 22.7 Å². The number of hydrogen-bond acceptors (Lipinski definition) is 1. The fraction of sp³-hybridized carbons (Fsp3) is 0.333. The molecule has 0 aliphatic rings. The Labute approximate surface area is 86.2 Å². The molecule has 0 atom stereocenters. The first-order chi connectivity index (χ1) is 5.75. The van der Waals surface area contributed by atoms with Crippen molar-refractivity contribution in [3.63, 3.8) is 0 Å². The maximum absolute atomic E-state index is 6.04. The number of rotatable bonds is 3. The Morgan fingerprint density at radius 3 is 2.92 bits per heavy atom. The smallest absolute Gasteiger partial charge is 0.0592 e. The first-order valence-electron chi connectivity index (χ1n) is 3.89. The van der Waals surface area contributed by atoms with Gasteiger partial charge in [0, 0.05) is 11.0 Å². The number of nitrogens with one attached hydrogen (secondary N) is 1. The van der Waals surface area contributed by atoms with Crippen molar-refractivity contribution in [3.05, 3.63) is 33.3 Å². The molecule has 0 aliphatic carbocycles. The third-order valence-corrected chi connectivity index (χ3v) is 2.93. The summed E-state index contributed by atoms with van der Waals surface area (Å²) >= 11 is 9.42. The van der Waals surface area contributed by atoms with E-state index >= 15 is 0 Å². The van der Waals surface area contributed by atoms with Gasteiger partial charge in [-0.05, 0) is 34.1 Å². The van der Waals surface area contributed by atoms with Gasteiger partial charge in [0.25, 0.3) is 0 Å². The van der Waals surface area contributed by atoms with Gasteiger partial charge in [-0.15, -0.1) is 0 Å². The van der Waals surface area contributed by atoms with E-state index < -0.39 is 0 Å². The van der Waals surface area contributed by atoms with Crippen LogP contribution < -0.4 is 5.32 Å². The molecule has 0 saturated heterocycles. The average molecular weight is 249 g/mol. The molecule has 1 N–H and O–H groups in total. The Morgan fingerprint density at radius 1 is 1.50 bits per heavy atom. The predicted molar refractivity (Wildman–Crippen MR) is 56.5 cm³/mol. The third kappa shape index (κ3) is 2.47. The highest BCUT2D eigenvalue weighted by Crippen LogP contribution is 2.25. The van der Waals surface area contributed by atoms with Crippen molar-refractivity contribution in [1.29, 1.82) is 0 Å². The molecule has 1 nitrogen and oxygen atoms in total. The summed E-state index contributed by atoms with van der Waals surface area (Å²) < 4.78 is 0.958. The minimum Gasteiger partial charge on any atom is -0.313 e. The van der Waals surface area contributed by atoms with Crippen LogP contribution in [0.5, 0.6) is 0 Å². The second kappa shape index (κ2) is 4.85. The maximum Gasteiger partial charge on any atom is 0.0592 e. The van der Waals surface area contributed by atoms with Gasteiger partial charge >= 0.3 is 0 Å². The zero-order valence-corrected chi connectivity index (χ0v) is 9.24. The van der Waals surface area contributed by atoms with Crippen molar-refractivity contribution in [1.82, 2.24) is 5.32 Å². The molecule has 0 spiro atoms. The lowest BCUT2D eigenvalue weighted by Crippen LogP contribution is -2.11. The maximum atomic E-state index is 6.04. The monoisotopic (exact) mass is 247 g/mol. The Bertz CT molecular complexity index is 263. The van der Waals surface area contributed by atoms with E-state index in [0.717, 1.165) is 28.1 Å². The summed E-state index contributed by atoms with van der Waals surface area (Å²) in [6, 6.07) is 5.95. The molecule has 3 heteroatoms. The molecule has 0 bridgehead atoms. The highest BCUT2D eigenvalue weighted by molar-refractivity contribution is 9.10. The third-order valence-electron chi connectivity index (χ3n) is 1.60. The van der Waals surface area contributed by atoms with E-state index in [-0.39, 0.29) is 0 Å². The Hall–Kier alpha value is -0.0500. The van der Waals surface area contributed by atoms with Crippen LogP contribution in [0.2, 0.25) is 5.02 Å².